The van der Waals surface area contributed by atoms with Gasteiger partial charge in [0.1, 0.15) is 5.15 Å². The van der Waals surface area contributed by atoms with Crippen molar-refractivity contribution in [3.8, 4) is 5.69 Å². The van der Waals surface area contributed by atoms with Crippen LogP contribution in [0.5, 0.6) is 0 Å². The Morgan fingerprint density at radius 1 is 1.14 bits per heavy atom. The number of carbonyl (C=O) groups excluding carboxylic acids is 2. The predicted octanol–water partition coefficient (Wildman–Crippen LogP) is 3.69. The van der Waals surface area contributed by atoms with Crippen LogP contribution in [0.15, 0.2) is 49.2 Å². The number of hydrogen-bond acceptors (Lipinski definition) is 5. The molecule has 2 aromatic heterocycles. The summed E-state index contributed by atoms with van der Waals surface area (Å²) in [6, 6.07) is 9.80. The molecule has 3 aliphatic rings. The van der Waals surface area contributed by atoms with Crippen molar-refractivity contribution in [2.75, 3.05) is 25.4 Å². The molecule has 1 aromatic carbocycles. The highest BCUT2D eigenvalue weighted by Gasteiger charge is 2.40. The average molecular weight is 503 g/mol. The van der Waals surface area contributed by atoms with Gasteiger partial charge in [0.25, 0.3) is 5.91 Å². The molecule has 36 heavy (non-hydrogen) atoms. The van der Waals surface area contributed by atoms with Gasteiger partial charge >= 0.3 is 0 Å². The molecule has 4 heterocycles. The molecule has 0 bridgehead atoms. The monoisotopic (exact) mass is 502 g/mol. The fourth-order valence-corrected chi connectivity index (χ4v) is 5.63. The van der Waals surface area contributed by atoms with Crippen molar-refractivity contribution in [2.24, 2.45) is 0 Å². The van der Waals surface area contributed by atoms with Gasteiger partial charge in [0.15, 0.2) is 0 Å². The van der Waals surface area contributed by atoms with Crippen LogP contribution in [0.3, 0.4) is 0 Å². The van der Waals surface area contributed by atoms with Crippen molar-refractivity contribution in [3.05, 3.63) is 82.4 Å². The molecular formula is C27H27ClN6O2. The van der Waals surface area contributed by atoms with Crippen LogP contribution in [0.1, 0.15) is 57.7 Å². The van der Waals surface area contributed by atoms with Crippen LogP contribution in [-0.4, -0.2) is 56.0 Å². The van der Waals surface area contributed by atoms with Crippen LogP contribution >= 0.6 is 11.6 Å². The third-order valence-electron chi connectivity index (χ3n) is 7.48. The van der Waals surface area contributed by atoms with E-state index in [0.29, 0.717) is 44.0 Å². The minimum atomic E-state index is -0.350. The number of nitrogens with two attached hydrogens (primary N) is 1. The smallest absolute Gasteiger partial charge is 0.258 e. The molecule has 1 saturated carbocycles. The number of anilines is 1. The number of rotatable bonds is 4. The maximum Gasteiger partial charge on any atom is 0.258 e. The Labute approximate surface area is 214 Å². The molecular weight excluding hydrogens is 476 g/mol. The Kier molecular flexibility index (Phi) is 5.56. The predicted molar refractivity (Wildman–Crippen MR) is 137 cm³/mol. The first kappa shape index (κ1) is 22.8. The third kappa shape index (κ3) is 3.86. The Hall–Kier alpha value is -3.65. The number of nitrogen functional groups attached to an aromatic ring is 1. The van der Waals surface area contributed by atoms with Gasteiger partial charge in [-0.2, -0.15) is 5.10 Å². The SMILES string of the molecule is C=CC(=O)N1CCc2nn(-c3ccc(C4CC4)cc3)c3c2C(C1)N(C(=O)c1cnc(Cl)cc1N)CC3. The highest BCUT2D eigenvalue weighted by Crippen LogP contribution is 2.41. The van der Waals surface area contributed by atoms with E-state index in [1.54, 1.807) is 9.80 Å². The molecule has 6 rings (SSSR count). The van der Waals surface area contributed by atoms with Crippen LogP contribution in [0.2, 0.25) is 5.15 Å². The quantitative estimate of drug-likeness (QED) is 0.433. The average Bonchev–Trinajstić information content (AvgIpc) is 3.69. The normalized spacial score (nSPS) is 19.0. The molecule has 1 atom stereocenters. The van der Waals surface area contributed by atoms with Gasteiger partial charge in [0.2, 0.25) is 5.91 Å². The van der Waals surface area contributed by atoms with Crippen molar-refractivity contribution < 1.29 is 9.59 Å². The van der Waals surface area contributed by atoms with Gasteiger partial charge in [-0.1, -0.05) is 30.3 Å². The standard InChI is InChI=1S/C27H27ClN6O2/c1-2-25(35)32-11-9-21-26-22(34(31-21)18-7-5-17(6-8-18)16-3-4-16)10-12-33(23(26)15-32)27(36)19-14-30-24(28)13-20(19)29/h2,5-8,13-14,16,23H,1,3-4,9-12,15H2,(H2,29,30). The van der Waals surface area contributed by atoms with Gasteiger partial charge in [0.05, 0.1) is 28.7 Å². The molecule has 1 unspecified atom stereocenters. The van der Waals surface area contributed by atoms with E-state index in [1.165, 1.54) is 36.7 Å². The number of halogens is 1. The molecule has 0 radical (unpaired) electrons. The topological polar surface area (TPSA) is 97.4 Å². The zero-order chi connectivity index (χ0) is 25.0. The first-order chi connectivity index (χ1) is 17.4. The second-order valence-electron chi connectivity index (χ2n) is 9.68. The van der Waals surface area contributed by atoms with Crippen molar-refractivity contribution in [3.63, 3.8) is 0 Å². The lowest BCUT2D eigenvalue weighted by Crippen LogP contribution is -2.46. The highest BCUT2D eigenvalue weighted by molar-refractivity contribution is 6.29. The summed E-state index contributed by atoms with van der Waals surface area (Å²) in [5, 5.41) is 5.24. The Morgan fingerprint density at radius 2 is 1.92 bits per heavy atom. The van der Waals surface area contributed by atoms with E-state index in [1.807, 2.05) is 4.68 Å². The second kappa shape index (κ2) is 8.78. The highest BCUT2D eigenvalue weighted by atomic mass is 35.5. The molecule has 3 aromatic rings. The molecule has 8 nitrogen and oxygen atoms in total. The van der Waals surface area contributed by atoms with E-state index in [-0.39, 0.29) is 28.7 Å². The first-order valence-electron chi connectivity index (χ1n) is 12.3. The molecule has 1 fully saturated rings. The Bertz CT molecular complexity index is 1380. The summed E-state index contributed by atoms with van der Waals surface area (Å²) in [4.78, 5) is 33.9. The number of benzene rings is 1. The first-order valence-corrected chi connectivity index (χ1v) is 12.7. The lowest BCUT2D eigenvalue weighted by Gasteiger charge is -2.38. The zero-order valence-corrected chi connectivity index (χ0v) is 20.6. The number of pyridine rings is 1. The molecule has 1 aliphatic carbocycles. The van der Waals surface area contributed by atoms with Crippen LogP contribution in [0.4, 0.5) is 5.69 Å². The molecule has 2 aliphatic heterocycles. The summed E-state index contributed by atoms with van der Waals surface area (Å²) < 4.78 is 2.03. The molecule has 2 N–H and O–H groups in total. The van der Waals surface area contributed by atoms with Gasteiger partial charge < -0.3 is 15.5 Å². The summed E-state index contributed by atoms with van der Waals surface area (Å²) in [6.07, 6.45) is 6.52. The minimum Gasteiger partial charge on any atom is -0.398 e. The van der Waals surface area contributed by atoms with E-state index in [4.69, 9.17) is 22.4 Å². The van der Waals surface area contributed by atoms with Crippen LogP contribution in [0, 0.1) is 0 Å². The number of hydrogen-bond donors (Lipinski definition) is 1. The van der Waals surface area contributed by atoms with E-state index in [2.05, 4.69) is 35.8 Å². The summed E-state index contributed by atoms with van der Waals surface area (Å²) in [7, 11) is 0. The van der Waals surface area contributed by atoms with Gasteiger partial charge in [-0.05, 0) is 48.6 Å². The molecule has 0 spiro atoms. The van der Waals surface area contributed by atoms with E-state index in [0.717, 1.165) is 22.6 Å². The third-order valence-corrected chi connectivity index (χ3v) is 7.68. The van der Waals surface area contributed by atoms with Crippen LogP contribution < -0.4 is 5.73 Å². The molecule has 184 valence electrons. The van der Waals surface area contributed by atoms with E-state index < -0.39 is 0 Å². The van der Waals surface area contributed by atoms with E-state index >= 15 is 0 Å². The Balaban J connectivity index is 1.41. The maximum atomic E-state index is 13.7. The second-order valence-corrected chi connectivity index (χ2v) is 10.1. The fraction of sp³-hybridized carbons (Fsp3) is 0.333. The van der Waals surface area contributed by atoms with Gasteiger partial charge in [-0.25, -0.2) is 9.67 Å². The van der Waals surface area contributed by atoms with Gasteiger partial charge in [-0.3, -0.25) is 9.59 Å². The number of nitrogens with zero attached hydrogens (tertiary/aromatic N) is 5. The maximum absolute atomic E-state index is 13.7. The largest absolute Gasteiger partial charge is 0.398 e. The summed E-state index contributed by atoms with van der Waals surface area (Å²) >= 11 is 5.96. The van der Waals surface area contributed by atoms with Crippen molar-refractivity contribution in [1.29, 1.82) is 0 Å². The molecule has 9 heteroatoms. The van der Waals surface area contributed by atoms with E-state index in [9.17, 15) is 9.59 Å². The van der Waals surface area contributed by atoms with Crippen LogP contribution in [-0.2, 0) is 17.6 Å². The van der Waals surface area contributed by atoms with Gasteiger partial charge in [0, 0.05) is 49.9 Å². The summed E-state index contributed by atoms with van der Waals surface area (Å²) in [6.45, 7) is 5.01. The lowest BCUT2D eigenvalue weighted by molar-refractivity contribution is -0.126. The minimum absolute atomic E-state index is 0.157. The summed E-state index contributed by atoms with van der Waals surface area (Å²) in [5.74, 6) is 0.308. The number of carbonyl (C=O) groups is 2. The molecule has 0 saturated heterocycles. The summed E-state index contributed by atoms with van der Waals surface area (Å²) in [5.41, 5.74) is 12.2. The number of aromatic nitrogens is 3. The van der Waals surface area contributed by atoms with Crippen molar-refractivity contribution >= 4 is 29.1 Å². The van der Waals surface area contributed by atoms with Crippen molar-refractivity contribution in [1.82, 2.24) is 24.6 Å². The Morgan fingerprint density at radius 3 is 2.61 bits per heavy atom. The lowest BCUT2D eigenvalue weighted by atomic mass is 9.94. The fourth-order valence-electron chi connectivity index (χ4n) is 5.46. The molecule has 2 amide bonds. The van der Waals surface area contributed by atoms with Gasteiger partial charge in [-0.15, -0.1) is 0 Å². The van der Waals surface area contributed by atoms with Crippen LogP contribution in [0.25, 0.3) is 5.69 Å². The van der Waals surface area contributed by atoms with Crippen molar-refractivity contribution in [2.45, 2.75) is 37.6 Å². The zero-order valence-electron chi connectivity index (χ0n) is 19.9. The number of amides is 2.